The van der Waals surface area contributed by atoms with Crippen LogP contribution in [0.3, 0.4) is 0 Å². The predicted octanol–water partition coefficient (Wildman–Crippen LogP) is 1.18. The van der Waals surface area contributed by atoms with Gasteiger partial charge in [-0.05, 0) is 28.6 Å². The van der Waals surface area contributed by atoms with E-state index in [4.69, 9.17) is 16.4 Å². The Balaban J connectivity index is 2.54. The fraction of sp³-hybridized carbons (Fsp3) is 1.00. The standard InChI is InChI=1S/C2H6ClNS/c1-2(4)5-3/h2H,4H2,1H3. The number of hydrogen-bond acceptors (Lipinski definition) is 2. The number of nitrogens with two attached hydrogens (primary N) is 1. The minimum atomic E-state index is 0.0664. The molecule has 0 rings (SSSR count). The average Bonchev–Trinajstić information content (AvgIpc) is 1.38. The molecule has 0 aromatic rings. The molecule has 0 aromatic carbocycles. The maximum atomic E-state index is 5.13. The molecule has 0 spiro atoms. The van der Waals surface area contributed by atoms with Crippen LogP contribution in [0.5, 0.6) is 0 Å². The zero-order valence-electron chi connectivity index (χ0n) is 2.94. The lowest BCUT2D eigenvalue weighted by Gasteiger charge is -1.88. The van der Waals surface area contributed by atoms with E-state index in [1.807, 2.05) is 6.92 Å². The maximum absolute atomic E-state index is 5.13. The summed E-state index contributed by atoms with van der Waals surface area (Å²) < 4.78 is 0. The maximum Gasteiger partial charge on any atom is 0.0631 e. The van der Waals surface area contributed by atoms with Crippen molar-refractivity contribution in [1.29, 1.82) is 0 Å². The number of hydrogen-bond donors (Lipinski definition) is 1. The van der Waals surface area contributed by atoms with E-state index < -0.39 is 0 Å². The van der Waals surface area contributed by atoms with E-state index in [1.165, 1.54) is 0 Å². The molecule has 1 nitrogen and oxygen atoms in total. The summed E-state index contributed by atoms with van der Waals surface area (Å²) in [6.45, 7) is 1.83. The second-order valence-electron chi connectivity index (χ2n) is 0.794. The first-order valence-electron chi connectivity index (χ1n) is 1.30. The topological polar surface area (TPSA) is 26.0 Å². The van der Waals surface area contributed by atoms with Crippen LogP contribution in [-0.4, -0.2) is 5.37 Å². The Bertz CT molecular complexity index is 23.6. The largest absolute Gasteiger partial charge is 0.319 e. The number of halogens is 1. The van der Waals surface area contributed by atoms with Crippen molar-refractivity contribution < 1.29 is 0 Å². The van der Waals surface area contributed by atoms with Gasteiger partial charge in [0, 0.05) is 0 Å². The summed E-state index contributed by atoms with van der Waals surface area (Å²) in [4.78, 5) is 0. The molecule has 0 amide bonds. The van der Waals surface area contributed by atoms with Gasteiger partial charge in [0.15, 0.2) is 0 Å². The molecule has 0 fully saturated rings. The number of rotatable bonds is 1. The van der Waals surface area contributed by atoms with Crippen LogP contribution in [0.2, 0.25) is 0 Å². The molecule has 0 aliphatic rings. The fourth-order valence-corrected chi connectivity index (χ4v) is 0. The van der Waals surface area contributed by atoms with E-state index in [0.29, 0.717) is 0 Å². The van der Waals surface area contributed by atoms with Gasteiger partial charge in [0.05, 0.1) is 5.37 Å². The van der Waals surface area contributed by atoms with Crippen molar-refractivity contribution in [2.45, 2.75) is 12.3 Å². The van der Waals surface area contributed by atoms with E-state index in [-0.39, 0.29) is 5.37 Å². The lowest BCUT2D eigenvalue weighted by molar-refractivity contribution is 1.06. The second kappa shape index (κ2) is 2.82. The molecule has 2 N–H and O–H groups in total. The van der Waals surface area contributed by atoms with Crippen LogP contribution in [-0.2, 0) is 0 Å². The highest BCUT2D eigenvalue weighted by molar-refractivity contribution is 8.21. The van der Waals surface area contributed by atoms with E-state index in [0.717, 1.165) is 11.0 Å². The third-order valence-corrected chi connectivity index (χ3v) is 1.26. The summed E-state index contributed by atoms with van der Waals surface area (Å²) in [6, 6.07) is 0. The van der Waals surface area contributed by atoms with E-state index >= 15 is 0 Å². The van der Waals surface area contributed by atoms with Gasteiger partial charge in [0.2, 0.25) is 0 Å². The molecule has 0 bridgehead atoms. The van der Waals surface area contributed by atoms with E-state index in [1.54, 1.807) is 0 Å². The zero-order chi connectivity index (χ0) is 4.28. The molecule has 3 heteroatoms. The van der Waals surface area contributed by atoms with E-state index in [2.05, 4.69) is 0 Å². The fourth-order valence-electron chi connectivity index (χ4n) is 0. The van der Waals surface area contributed by atoms with Gasteiger partial charge in [-0.15, -0.1) is 0 Å². The van der Waals surface area contributed by atoms with Gasteiger partial charge in [-0.1, -0.05) is 0 Å². The summed E-state index contributed by atoms with van der Waals surface area (Å²) in [7, 11) is 6.26. The first-order valence-corrected chi connectivity index (χ1v) is 3.01. The third kappa shape index (κ3) is 4.60. The molecule has 0 saturated carbocycles. The molecule has 0 aliphatic heterocycles. The van der Waals surface area contributed by atoms with Gasteiger partial charge in [0.1, 0.15) is 0 Å². The van der Waals surface area contributed by atoms with Gasteiger partial charge in [-0.2, -0.15) is 0 Å². The molecule has 32 valence electrons. The van der Waals surface area contributed by atoms with Crippen molar-refractivity contribution in [1.82, 2.24) is 0 Å². The van der Waals surface area contributed by atoms with Crippen molar-refractivity contribution in [2.24, 2.45) is 5.73 Å². The first kappa shape index (κ1) is 5.60. The predicted molar refractivity (Wildman–Crippen MR) is 27.1 cm³/mol. The van der Waals surface area contributed by atoms with Crippen molar-refractivity contribution >= 4 is 21.7 Å². The Morgan fingerprint density at radius 2 is 2.20 bits per heavy atom. The lowest BCUT2D eigenvalue weighted by Crippen LogP contribution is -2.05. The van der Waals surface area contributed by atoms with Gasteiger partial charge in [-0.3, -0.25) is 0 Å². The highest BCUT2D eigenvalue weighted by Crippen LogP contribution is 2.07. The van der Waals surface area contributed by atoms with Gasteiger partial charge in [0.25, 0.3) is 0 Å². The summed E-state index contributed by atoms with van der Waals surface area (Å²) in [5, 5.41) is 0.0664. The molecular weight excluding hydrogens is 106 g/mol. The molecule has 0 aliphatic carbocycles. The smallest absolute Gasteiger partial charge is 0.0631 e. The normalized spacial score (nSPS) is 15.0. The van der Waals surface area contributed by atoms with Gasteiger partial charge < -0.3 is 5.73 Å². The Kier molecular flexibility index (Phi) is 3.16. The summed E-state index contributed by atoms with van der Waals surface area (Å²) in [5.74, 6) is 0. The highest BCUT2D eigenvalue weighted by atomic mass is 35.7. The Morgan fingerprint density at radius 3 is 2.20 bits per heavy atom. The van der Waals surface area contributed by atoms with Crippen molar-refractivity contribution in [3.8, 4) is 0 Å². The molecule has 5 heavy (non-hydrogen) atoms. The third-order valence-electron chi connectivity index (χ3n) is 0.141. The molecule has 0 heterocycles. The summed E-state index contributed by atoms with van der Waals surface area (Å²) in [5.41, 5.74) is 5.12. The molecule has 1 atom stereocenters. The van der Waals surface area contributed by atoms with Gasteiger partial charge in [-0.25, -0.2) is 0 Å². The molecular formula is C2H6ClNS. The minimum absolute atomic E-state index is 0.0664. The van der Waals surface area contributed by atoms with Gasteiger partial charge >= 0.3 is 0 Å². The monoisotopic (exact) mass is 111 g/mol. The highest BCUT2D eigenvalue weighted by Gasteiger charge is 1.82. The molecule has 0 radical (unpaired) electrons. The molecule has 0 aromatic heterocycles. The molecule has 1 unspecified atom stereocenters. The Labute approximate surface area is 40.4 Å². The lowest BCUT2D eigenvalue weighted by atomic mass is 10.8. The van der Waals surface area contributed by atoms with Crippen LogP contribution in [0.4, 0.5) is 0 Å². The Morgan fingerprint density at radius 1 is 2.00 bits per heavy atom. The van der Waals surface area contributed by atoms with Crippen LogP contribution in [0, 0.1) is 0 Å². The molecule has 0 saturated heterocycles. The van der Waals surface area contributed by atoms with Crippen molar-refractivity contribution in [3.05, 3.63) is 0 Å². The van der Waals surface area contributed by atoms with Crippen LogP contribution >= 0.6 is 21.7 Å². The zero-order valence-corrected chi connectivity index (χ0v) is 4.51. The van der Waals surface area contributed by atoms with Crippen LogP contribution in [0.25, 0.3) is 0 Å². The van der Waals surface area contributed by atoms with Crippen LogP contribution < -0.4 is 5.73 Å². The summed E-state index contributed by atoms with van der Waals surface area (Å²) in [6.07, 6.45) is 0. The van der Waals surface area contributed by atoms with E-state index in [9.17, 15) is 0 Å². The Hall–Kier alpha value is 0.600. The first-order chi connectivity index (χ1) is 2.27. The quantitative estimate of drug-likeness (QED) is 0.515. The summed E-state index contributed by atoms with van der Waals surface area (Å²) >= 11 is 0. The minimum Gasteiger partial charge on any atom is -0.319 e. The second-order valence-corrected chi connectivity index (χ2v) is 2.25. The van der Waals surface area contributed by atoms with Crippen molar-refractivity contribution in [3.63, 3.8) is 0 Å². The van der Waals surface area contributed by atoms with Crippen LogP contribution in [0.15, 0.2) is 0 Å². The van der Waals surface area contributed by atoms with Crippen molar-refractivity contribution in [2.75, 3.05) is 0 Å². The van der Waals surface area contributed by atoms with Crippen LogP contribution in [0.1, 0.15) is 6.92 Å². The SMILES string of the molecule is CC(N)SCl. The average molecular weight is 112 g/mol.